The molecule has 2 heterocycles. The molecule has 0 saturated heterocycles. The molecular formula is C21H18N2O4. The van der Waals surface area contributed by atoms with Crippen molar-refractivity contribution in [3.05, 3.63) is 71.2 Å². The second-order valence-electron chi connectivity index (χ2n) is 6.76. The van der Waals surface area contributed by atoms with Crippen LogP contribution >= 0.6 is 0 Å². The molecule has 4 rings (SSSR count). The molecule has 1 N–H and O–H groups in total. The van der Waals surface area contributed by atoms with Crippen LogP contribution in [0.3, 0.4) is 0 Å². The van der Waals surface area contributed by atoms with Crippen molar-refractivity contribution in [1.29, 1.82) is 0 Å². The molecule has 0 saturated carbocycles. The van der Waals surface area contributed by atoms with E-state index in [2.05, 4.69) is 4.98 Å². The topological polar surface area (TPSA) is 87.6 Å². The molecule has 0 fully saturated rings. The molecule has 2 aromatic rings. The number of ketones is 1. The third-order valence-electron chi connectivity index (χ3n) is 5.11. The number of pyridine rings is 1. The van der Waals surface area contributed by atoms with E-state index in [1.165, 1.54) is 17.0 Å². The summed E-state index contributed by atoms with van der Waals surface area (Å²) in [6.07, 6.45) is 5.28. The molecule has 1 aliphatic carbocycles. The summed E-state index contributed by atoms with van der Waals surface area (Å²) in [5, 5.41) is 9.26. The highest BCUT2D eigenvalue weighted by molar-refractivity contribution is 6.07. The molecule has 6 nitrogen and oxygen atoms in total. The summed E-state index contributed by atoms with van der Waals surface area (Å²) in [7, 11) is 0. The Morgan fingerprint density at radius 1 is 1.15 bits per heavy atom. The first-order valence-corrected chi connectivity index (χ1v) is 8.88. The first-order valence-electron chi connectivity index (χ1n) is 8.88. The minimum absolute atomic E-state index is 0.0528. The van der Waals surface area contributed by atoms with Crippen LogP contribution in [0.5, 0.6) is 0 Å². The lowest BCUT2D eigenvalue weighted by Gasteiger charge is -2.38. The van der Waals surface area contributed by atoms with Crippen molar-refractivity contribution in [2.75, 3.05) is 4.90 Å². The zero-order valence-corrected chi connectivity index (χ0v) is 14.6. The monoisotopic (exact) mass is 362 g/mol. The lowest BCUT2D eigenvalue weighted by atomic mass is 9.77. The Hall–Kier alpha value is -3.28. The Morgan fingerprint density at radius 3 is 2.74 bits per heavy atom. The maximum Gasteiger partial charge on any atom is 0.335 e. The van der Waals surface area contributed by atoms with Crippen LogP contribution in [0.2, 0.25) is 0 Å². The van der Waals surface area contributed by atoms with Crippen molar-refractivity contribution in [2.45, 2.75) is 31.6 Å². The van der Waals surface area contributed by atoms with Crippen LogP contribution in [-0.4, -0.2) is 27.8 Å². The Kier molecular flexibility index (Phi) is 4.32. The molecule has 2 aliphatic rings. The summed E-state index contributed by atoms with van der Waals surface area (Å²) < 4.78 is 0. The van der Waals surface area contributed by atoms with Crippen LogP contribution in [0.25, 0.3) is 0 Å². The van der Waals surface area contributed by atoms with Gasteiger partial charge in [0, 0.05) is 48.1 Å². The number of Topliss-reactive ketones (excluding diaryl/α,β-unsaturated/α-hetero) is 1. The molecule has 0 bridgehead atoms. The summed E-state index contributed by atoms with van der Waals surface area (Å²) in [6, 6.07) is 9.98. The largest absolute Gasteiger partial charge is 0.478 e. The predicted molar refractivity (Wildman–Crippen MR) is 98.4 cm³/mol. The van der Waals surface area contributed by atoms with Gasteiger partial charge in [0.1, 0.15) is 0 Å². The molecule has 1 aliphatic heterocycles. The highest BCUT2D eigenvalue weighted by atomic mass is 16.4. The predicted octanol–water partition coefficient (Wildman–Crippen LogP) is 3.31. The van der Waals surface area contributed by atoms with Gasteiger partial charge < -0.3 is 5.11 Å². The number of rotatable bonds is 3. The van der Waals surface area contributed by atoms with Gasteiger partial charge in [0.2, 0.25) is 5.91 Å². The van der Waals surface area contributed by atoms with Gasteiger partial charge in [-0.1, -0.05) is 12.1 Å². The average Bonchev–Trinajstić information content (AvgIpc) is 2.68. The third kappa shape index (κ3) is 3.03. The highest BCUT2D eigenvalue weighted by Gasteiger charge is 2.39. The van der Waals surface area contributed by atoms with Gasteiger partial charge in [0.05, 0.1) is 5.56 Å². The number of benzene rings is 1. The van der Waals surface area contributed by atoms with Crippen LogP contribution < -0.4 is 4.90 Å². The maximum absolute atomic E-state index is 13.0. The maximum atomic E-state index is 13.0. The van der Waals surface area contributed by atoms with Crippen LogP contribution in [0, 0.1) is 0 Å². The molecular weight excluding hydrogens is 344 g/mol. The standard InChI is InChI=1S/C21H18N2O4/c24-18-8-2-7-17-20(18)16(14-5-3-9-22-12-14)11-19(25)23(17)15-6-1-4-13(10-15)21(26)27/h1,3-6,9-10,12,16H,2,7-8,11H2,(H,26,27). The molecule has 0 spiro atoms. The SMILES string of the molecule is O=C1CCCC2=C1C(c1cccnc1)CC(=O)N2c1cccc(C(=O)O)c1. The van der Waals surface area contributed by atoms with Gasteiger partial charge in [-0.05, 0) is 42.7 Å². The smallest absolute Gasteiger partial charge is 0.335 e. The van der Waals surface area contributed by atoms with Gasteiger partial charge in [0.25, 0.3) is 0 Å². The highest BCUT2D eigenvalue weighted by Crippen LogP contribution is 2.43. The molecule has 6 heteroatoms. The number of carboxylic acids is 1. The van der Waals surface area contributed by atoms with Crippen molar-refractivity contribution >= 4 is 23.3 Å². The lowest BCUT2D eigenvalue weighted by molar-refractivity contribution is -0.119. The molecule has 1 atom stereocenters. The van der Waals surface area contributed by atoms with E-state index >= 15 is 0 Å². The summed E-state index contributed by atoms with van der Waals surface area (Å²) in [6.45, 7) is 0. The minimum Gasteiger partial charge on any atom is -0.478 e. The molecule has 1 unspecified atom stereocenters. The van der Waals surface area contributed by atoms with E-state index in [4.69, 9.17) is 0 Å². The molecule has 1 aromatic heterocycles. The van der Waals surface area contributed by atoms with E-state index in [1.807, 2.05) is 6.07 Å². The number of nitrogens with zero attached hydrogens (tertiary/aromatic N) is 2. The van der Waals surface area contributed by atoms with Crippen molar-refractivity contribution in [1.82, 2.24) is 4.98 Å². The minimum atomic E-state index is -1.05. The van der Waals surface area contributed by atoms with Crippen LogP contribution in [-0.2, 0) is 9.59 Å². The van der Waals surface area contributed by atoms with Gasteiger partial charge in [-0.2, -0.15) is 0 Å². The Labute approximate surface area is 156 Å². The first kappa shape index (κ1) is 17.1. The summed E-state index contributed by atoms with van der Waals surface area (Å²) in [5.41, 5.74) is 2.81. The van der Waals surface area contributed by atoms with E-state index in [0.29, 0.717) is 36.2 Å². The number of carbonyl (C=O) groups is 3. The fraction of sp³-hybridized carbons (Fsp3) is 0.238. The van der Waals surface area contributed by atoms with E-state index < -0.39 is 5.97 Å². The molecule has 136 valence electrons. The summed E-state index contributed by atoms with van der Waals surface area (Å²) in [4.78, 5) is 42.8. The van der Waals surface area contributed by atoms with Gasteiger partial charge in [0.15, 0.2) is 5.78 Å². The molecule has 1 amide bonds. The average molecular weight is 362 g/mol. The second kappa shape index (κ2) is 6.79. The molecule has 1 aromatic carbocycles. The summed E-state index contributed by atoms with van der Waals surface area (Å²) >= 11 is 0. The normalized spacial score (nSPS) is 19.9. The van der Waals surface area contributed by atoms with Crippen molar-refractivity contribution < 1.29 is 19.5 Å². The fourth-order valence-corrected chi connectivity index (χ4v) is 3.94. The van der Waals surface area contributed by atoms with Gasteiger partial charge in [-0.3, -0.25) is 19.5 Å². The Bertz CT molecular complexity index is 965. The van der Waals surface area contributed by atoms with Crippen molar-refractivity contribution in [2.24, 2.45) is 0 Å². The molecule has 27 heavy (non-hydrogen) atoms. The number of anilines is 1. The van der Waals surface area contributed by atoms with E-state index in [1.54, 1.807) is 30.6 Å². The van der Waals surface area contributed by atoms with E-state index in [0.717, 1.165) is 5.56 Å². The summed E-state index contributed by atoms with van der Waals surface area (Å²) in [5.74, 6) is -1.44. The van der Waals surface area contributed by atoms with Gasteiger partial charge >= 0.3 is 5.97 Å². The second-order valence-corrected chi connectivity index (χ2v) is 6.76. The zero-order chi connectivity index (χ0) is 19.0. The molecule has 0 radical (unpaired) electrons. The van der Waals surface area contributed by atoms with Crippen LogP contribution in [0.15, 0.2) is 60.1 Å². The lowest BCUT2D eigenvalue weighted by Crippen LogP contribution is -2.40. The van der Waals surface area contributed by atoms with E-state index in [-0.39, 0.29) is 29.6 Å². The number of carboxylic acid groups (broad SMARTS) is 1. The zero-order valence-electron chi connectivity index (χ0n) is 14.6. The van der Waals surface area contributed by atoms with Crippen LogP contribution in [0.1, 0.15) is 47.5 Å². The van der Waals surface area contributed by atoms with Gasteiger partial charge in [-0.25, -0.2) is 4.79 Å². The number of amides is 1. The number of aromatic nitrogens is 1. The first-order chi connectivity index (χ1) is 13.1. The fourth-order valence-electron chi connectivity index (χ4n) is 3.94. The Morgan fingerprint density at radius 2 is 2.00 bits per heavy atom. The van der Waals surface area contributed by atoms with Crippen molar-refractivity contribution in [3.8, 4) is 0 Å². The van der Waals surface area contributed by atoms with E-state index in [9.17, 15) is 19.5 Å². The number of allylic oxidation sites excluding steroid dienone is 2. The van der Waals surface area contributed by atoms with Crippen LogP contribution in [0.4, 0.5) is 5.69 Å². The number of aromatic carboxylic acids is 1. The number of hydrogen-bond donors (Lipinski definition) is 1. The number of carbonyl (C=O) groups excluding carboxylic acids is 2. The quantitative estimate of drug-likeness (QED) is 0.905. The number of hydrogen-bond acceptors (Lipinski definition) is 4. The third-order valence-corrected chi connectivity index (χ3v) is 5.11. The Balaban J connectivity index is 1.86. The van der Waals surface area contributed by atoms with Gasteiger partial charge in [-0.15, -0.1) is 0 Å². The van der Waals surface area contributed by atoms with Crippen molar-refractivity contribution in [3.63, 3.8) is 0 Å².